The fourth-order valence-corrected chi connectivity index (χ4v) is 3.06. The Labute approximate surface area is 172 Å². The molecule has 0 atom stereocenters. The standard InChI is InChI=1S/C20H21N3O5S/c1-4-27-16-10-5-13(11-17(16)26-3)19-22-20(29-23-19)21-18(24)12-28-15-8-6-14(25-2)7-9-15/h5-11H,4,12H2,1-3H3,(H,21,22,23,24). The fraction of sp³-hybridized carbons (Fsp3) is 0.250. The van der Waals surface area contributed by atoms with Crippen molar-refractivity contribution in [3.8, 4) is 34.4 Å². The van der Waals surface area contributed by atoms with Gasteiger partial charge in [0.2, 0.25) is 5.13 Å². The molecule has 2 aromatic carbocycles. The molecule has 1 amide bonds. The second-order valence-electron chi connectivity index (χ2n) is 5.73. The lowest BCUT2D eigenvalue weighted by molar-refractivity contribution is -0.118. The van der Waals surface area contributed by atoms with Crippen molar-refractivity contribution in [1.29, 1.82) is 0 Å². The van der Waals surface area contributed by atoms with Gasteiger partial charge in [-0.05, 0) is 49.4 Å². The van der Waals surface area contributed by atoms with Crippen molar-refractivity contribution >= 4 is 22.6 Å². The molecule has 8 nitrogen and oxygen atoms in total. The van der Waals surface area contributed by atoms with E-state index in [1.807, 2.05) is 13.0 Å². The molecule has 0 unspecified atom stereocenters. The van der Waals surface area contributed by atoms with Crippen LogP contribution in [0.5, 0.6) is 23.0 Å². The minimum absolute atomic E-state index is 0.141. The van der Waals surface area contributed by atoms with Crippen LogP contribution in [-0.4, -0.2) is 42.7 Å². The first-order chi connectivity index (χ1) is 14.1. The summed E-state index contributed by atoms with van der Waals surface area (Å²) in [7, 11) is 3.16. The van der Waals surface area contributed by atoms with Gasteiger partial charge in [-0.2, -0.15) is 9.36 Å². The zero-order valence-electron chi connectivity index (χ0n) is 16.3. The number of ether oxygens (including phenoxy) is 4. The molecule has 3 aromatic rings. The summed E-state index contributed by atoms with van der Waals surface area (Å²) in [5, 5.41) is 3.07. The van der Waals surface area contributed by atoms with Crippen LogP contribution in [0.4, 0.5) is 5.13 Å². The van der Waals surface area contributed by atoms with Crippen LogP contribution in [0.2, 0.25) is 0 Å². The van der Waals surface area contributed by atoms with E-state index in [-0.39, 0.29) is 12.5 Å². The smallest absolute Gasteiger partial charge is 0.264 e. The van der Waals surface area contributed by atoms with E-state index in [2.05, 4.69) is 14.7 Å². The molecule has 0 fully saturated rings. The minimum Gasteiger partial charge on any atom is -0.497 e. The fourth-order valence-electron chi connectivity index (χ4n) is 2.45. The average Bonchev–Trinajstić information content (AvgIpc) is 3.21. The largest absolute Gasteiger partial charge is 0.497 e. The molecule has 0 spiro atoms. The van der Waals surface area contributed by atoms with E-state index in [9.17, 15) is 4.79 Å². The van der Waals surface area contributed by atoms with Crippen LogP contribution < -0.4 is 24.3 Å². The molecule has 1 N–H and O–H groups in total. The highest BCUT2D eigenvalue weighted by Crippen LogP contribution is 2.32. The van der Waals surface area contributed by atoms with E-state index in [4.69, 9.17) is 18.9 Å². The number of hydrogen-bond acceptors (Lipinski definition) is 8. The van der Waals surface area contributed by atoms with Gasteiger partial charge in [-0.1, -0.05) is 0 Å². The maximum atomic E-state index is 12.1. The molecular weight excluding hydrogens is 394 g/mol. The first-order valence-electron chi connectivity index (χ1n) is 8.84. The zero-order valence-corrected chi connectivity index (χ0v) is 17.1. The molecule has 0 saturated carbocycles. The third kappa shape index (κ3) is 5.35. The Hall–Kier alpha value is -3.33. The topological polar surface area (TPSA) is 91.8 Å². The molecule has 0 bridgehead atoms. The highest BCUT2D eigenvalue weighted by atomic mass is 32.1. The molecule has 152 valence electrons. The van der Waals surface area contributed by atoms with Crippen molar-refractivity contribution in [3.05, 3.63) is 42.5 Å². The summed E-state index contributed by atoms with van der Waals surface area (Å²) in [4.78, 5) is 16.5. The van der Waals surface area contributed by atoms with Crippen LogP contribution in [0.25, 0.3) is 11.4 Å². The highest BCUT2D eigenvalue weighted by Gasteiger charge is 2.13. The second-order valence-corrected chi connectivity index (χ2v) is 6.49. The summed E-state index contributed by atoms with van der Waals surface area (Å²) in [5.74, 6) is 2.70. The molecule has 0 radical (unpaired) electrons. The van der Waals surface area contributed by atoms with E-state index in [0.29, 0.717) is 40.6 Å². The molecule has 1 heterocycles. The Morgan fingerprint density at radius 3 is 2.45 bits per heavy atom. The Balaban J connectivity index is 1.60. The van der Waals surface area contributed by atoms with Crippen molar-refractivity contribution in [2.45, 2.75) is 6.92 Å². The Bertz CT molecular complexity index is 959. The zero-order chi connectivity index (χ0) is 20.6. The van der Waals surface area contributed by atoms with Crippen molar-refractivity contribution in [3.63, 3.8) is 0 Å². The van der Waals surface area contributed by atoms with Crippen LogP contribution in [0.1, 0.15) is 6.92 Å². The predicted molar refractivity (Wildman–Crippen MR) is 110 cm³/mol. The van der Waals surface area contributed by atoms with Gasteiger partial charge >= 0.3 is 0 Å². The number of nitrogens with zero attached hydrogens (tertiary/aromatic N) is 2. The third-order valence-electron chi connectivity index (χ3n) is 3.82. The van der Waals surface area contributed by atoms with E-state index >= 15 is 0 Å². The maximum Gasteiger partial charge on any atom is 0.264 e. The highest BCUT2D eigenvalue weighted by molar-refractivity contribution is 7.10. The SMILES string of the molecule is CCOc1ccc(-c2nsc(NC(=O)COc3ccc(OC)cc3)n2)cc1OC. The normalized spacial score (nSPS) is 10.3. The molecule has 0 aliphatic carbocycles. The summed E-state index contributed by atoms with van der Waals surface area (Å²) in [6.07, 6.45) is 0. The third-order valence-corrected chi connectivity index (χ3v) is 4.45. The van der Waals surface area contributed by atoms with Gasteiger partial charge in [0, 0.05) is 17.1 Å². The molecule has 9 heteroatoms. The number of anilines is 1. The summed E-state index contributed by atoms with van der Waals surface area (Å²) < 4.78 is 25.7. The van der Waals surface area contributed by atoms with Crippen LogP contribution in [0.15, 0.2) is 42.5 Å². The van der Waals surface area contributed by atoms with Gasteiger partial charge in [0.15, 0.2) is 23.9 Å². The lowest BCUT2D eigenvalue weighted by atomic mass is 10.2. The van der Waals surface area contributed by atoms with Gasteiger partial charge in [-0.3, -0.25) is 10.1 Å². The minimum atomic E-state index is -0.326. The monoisotopic (exact) mass is 415 g/mol. The predicted octanol–water partition coefficient (Wildman–Crippen LogP) is 3.64. The second kappa shape index (κ2) is 9.74. The average molecular weight is 415 g/mol. The van der Waals surface area contributed by atoms with Crippen molar-refractivity contribution < 1.29 is 23.7 Å². The first-order valence-corrected chi connectivity index (χ1v) is 9.62. The van der Waals surface area contributed by atoms with Gasteiger partial charge in [-0.25, -0.2) is 0 Å². The van der Waals surface area contributed by atoms with Crippen molar-refractivity contribution in [1.82, 2.24) is 9.36 Å². The summed E-state index contributed by atoms with van der Waals surface area (Å²) in [5.41, 5.74) is 0.761. The number of carbonyl (C=O) groups excluding carboxylic acids is 1. The Morgan fingerprint density at radius 1 is 1.00 bits per heavy atom. The summed E-state index contributed by atoms with van der Waals surface area (Å²) in [6, 6.07) is 12.4. The Kier molecular flexibility index (Phi) is 6.85. The van der Waals surface area contributed by atoms with E-state index in [1.54, 1.807) is 50.6 Å². The van der Waals surface area contributed by atoms with Crippen molar-refractivity contribution in [2.24, 2.45) is 0 Å². The first kappa shape index (κ1) is 20.4. The molecule has 3 rings (SSSR count). The molecule has 29 heavy (non-hydrogen) atoms. The van der Waals surface area contributed by atoms with Crippen LogP contribution >= 0.6 is 11.5 Å². The van der Waals surface area contributed by atoms with Gasteiger partial charge in [-0.15, -0.1) is 0 Å². The Morgan fingerprint density at radius 2 is 1.76 bits per heavy atom. The number of amides is 1. The summed E-state index contributed by atoms with van der Waals surface area (Å²) in [6.45, 7) is 2.31. The maximum absolute atomic E-state index is 12.1. The van der Waals surface area contributed by atoms with E-state index in [1.165, 1.54) is 0 Å². The van der Waals surface area contributed by atoms with Crippen LogP contribution in [0, 0.1) is 0 Å². The molecule has 0 aliphatic heterocycles. The van der Waals surface area contributed by atoms with Gasteiger partial charge < -0.3 is 18.9 Å². The molecular formula is C20H21N3O5S. The van der Waals surface area contributed by atoms with Crippen LogP contribution in [-0.2, 0) is 4.79 Å². The van der Waals surface area contributed by atoms with Gasteiger partial charge in [0.05, 0.1) is 20.8 Å². The molecule has 0 aliphatic rings. The number of carbonyl (C=O) groups is 1. The van der Waals surface area contributed by atoms with Gasteiger partial charge in [0.25, 0.3) is 5.91 Å². The number of benzene rings is 2. The lowest BCUT2D eigenvalue weighted by Gasteiger charge is -2.09. The lowest BCUT2D eigenvalue weighted by Crippen LogP contribution is -2.20. The number of aromatic nitrogens is 2. The van der Waals surface area contributed by atoms with E-state index < -0.39 is 0 Å². The number of rotatable bonds is 9. The summed E-state index contributed by atoms with van der Waals surface area (Å²) >= 11 is 1.09. The van der Waals surface area contributed by atoms with Crippen LogP contribution in [0.3, 0.4) is 0 Å². The van der Waals surface area contributed by atoms with Crippen molar-refractivity contribution in [2.75, 3.05) is 32.8 Å². The number of hydrogen-bond donors (Lipinski definition) is 1. The quantitative estimate of drug-likeness (QED) is 0.570. The molecule has 0 saturated heterocycles. The molecule has 1 aromatic heterocycles. The number of methoxy groups -OCH3 is 2. The van der Waals surface area contributed by atoms with E-state index in [0.717, 1.165) is 17.1 Å². The van der Waals surface area contributed by atoms with Gasteiger partial charge in [0.1, 0.15) is 11.5 Å². The number of nitrogens with one attached hydrogen (secondary N) is 1.